The van der Waals surface area contributed by atoms with Gasteiger partial charge in [0, 0.05) is 6.54 Å². The van der Waals surface area contributed by atoms with E-state index in [2.05, 4.69) is 16.9 Å². The molecule has 6 nitrogen and oxygen atoms in total. The van der Waals surface area contributed by atoms with Gasteiger partial charge in [0.2, 0.25) is 0 Å². The molecule has 0 aliphatic rings. The smallest absolute Gasteiger partial charge is 0.324 e. The normalized spacial score (nSPS) is 10.2. The van der Waals surface area contributed by atoms with E-state index >= 15 is 0 Å². The van der Waals surface area contributed by atoms with Crippen LogP contribution < -0.4 is 5.32 Å². The maximum atomic E-state index is 12.0. The number of urea groups is 1. The van der Waals surface area contributed by atoms with Crippen LogP contribution in [0.2, 0.25) is 0 Å². The van der Waals surface area contributed by atoms with Gasteiger partial charge >= 0.3 is 12.0 Å². The molecule has 0 saturated heterocycles. The summed E-state index contributed by atoms with van der Waals surface area (Å²) >= 11 is 1.34. The molecule has 2 aromatic rings. The number of fused-ring (bicyclic) bond motifs is 1. The first-order valence-electron chi connectivity index (χ1n) is 5.84. The van der Waals surface area contributed by atoms with E-state index in [9.17, 15) is 9.59 Å². The highest BCUT2D eigenvalue weighted by molar-refractivity contribution is 7.22. The van der Waals surface area contributed by atoms with Crippen LogP contribution in [0.15, 0.2) is 36.9 Å². The number of hydrogen-bond acceptors (Lipinski definition) is 4. The fourth-order valence-electron chi connectivity index (χ4n) is 1.63. The SMILES string of the molecule is C=CCN(CC(=O)O)C(=O)Nc1nc2ccccc2s1. The standard InChI is InChI=1S/C13H13N3O3S/c1-2-7-16(8-11(17)18)13(19)15-12-14-9-5-3-4-6-10(9)20-12/h2-6H,1,7-8H2,(H,17,18)(H,14,15,19). The number of amides is 2. The summed E-state index contributed by atoms with van der Waals surface area (Å²) in [5.74, 6) is -1.08. The Hall–Kier alpha value is -2.41. The van der Waals surface area contributed by atoms with Crippen molar-refractivity contribution < 1.29 is 14.7 Å². The number of carbonyl (C=O) groups excluding carboxylic acids is 1. The van der Waals surface area contributed by atoms with Crippen molar-refractivity contribution in [2.45, 2.75) is 0 Å². The first-order chi connectivity index (χ1) is 9.60. The first-order valence-corrected chi connectivity index (χ1v) is 6.66. The topological polar surface area (TPSA) is 82.5 Å². The average Bonchev–Trinajstić information content (AvgIpc) is 2.79. The number of hydrogen-bond donors (Lipinski definition) is 2. The van der Waals surface area contributed by atoms with Gasteiger partial charge in [0.25, 0.3) is 0 Å². The summed E-state index contributed by atoms with van der Waals surface area (Å²) in [6.07, 6.45) is 1.47. The lowest BCUT2D eigenvalue weighted by Gasteiger charge is -2.18. The van der Waals surface area contributed by atoms with Gasteiger partial charge in [-0.05, 0) is 12.1 Å². The van der Waals surface area contributed by atoms with E-state index in [1.165, 1.54) is 17.4 Å². The van der Waals surface area contributed by atoms with Gasteiger partial charge in [0.1, 0.15) is 6.54 Å². The zero-order chi connectivity index (χ0) is 14.5. The molecule has 0 unspecified atom stereocenters. The monoisotopic (exact) mass is 291 g/mol. The van der Waals surface area contributed by atoms with Crippen LogP contribution in [0.1, 0.15) is 0 Å². The molecule has 0 saturated carbocycles. The highest BCUT2D eigenvalue weighted by Gasteiger charge is 2.16. The molecule has 0 atom stereocenters. The Morgan fingerprint density at radius 1 is 1.45 bits per heavy atom. The first kappa shape index (κ1) is 14.0. The largest absolute Gasteiger partial charge is 0.480 e. The fraction of sp³-hybridized carbons (Fsp3) is 0.154. The lowest BCUT2D eigenvalue weighted by molar-refractivity contribution is -0.137. The minimum atomic E-state index is -1.08. The van der Waals surface area contributed by atoms with Crippen LogP contribution in [-0.2, 0) is 4.79 Å². The van der Waals surface area contributed by atoms with Crippen LogP contribution in [0.3, 0.4) is 0 Å². The van der Waals surface area contributed by atoms with E-state index in [0.29, 0.717) is 5.13 Å². The van der Waals surface area contributed by atoms with Crippen molar-refractivity contribution >= 4 is 38.7 Å². The molecule has 0 spiro atoms. The third-order valence-electron chi connectivity index (χ3n) is 2.47. The molecule has 0 aliphatic heterocycles. The van der Waals surface area contributed by atoms with Crippen LogP contribution in [0, 0.1) is 0 Å². The van der Waals surface area contributed by atoms with Crippen molar-refractivity contribution in [2.24, 2.45) is 0 Å². The van der Waals surface area contributed by atoms with E-state index in [-0.39, 0.29) is 13.1 Å². The minimum absolute atomic E-state index is 0.156. The number of carboxylic acid groups (broad SMARTS) is 1. The number of benzene rings is 1. The van der Waals surface area contributed by atoms with Gasteiger partial charge in [0.15, 0.2) is 5.13 Å². The number of aromatic nitrogens is 1. The Labute approximate surface area is 119 Å². The van der Waals surface area contributed by atoms with Crippen molar-refractivity contribution in [2.75, 3.05) is 18.4 Å². The van der Waals surface area contributed by atoms with Crippen LogP contribution in [-0.4, -0.2) is 40.1 Å². The molecule has 7 heteroatoms. The molecule has 2 rings (SSSR count). The number of carbonyl (C=O) groups is 2. The van der Waals surface area contributed by atoms with Crippen molar-refractivity contribution in [3.63, 3.8) is 0 Å². The molecule has 0 aliphatic carbocycles. The van der Waals surface area contributed by atoms with Crippen molar-refractivity contribution in [1.82, 2.24) is 9.88 Å². The molecular weight excluding hydrogens is 278 g/mol. The molecule has 2 amide bonds. The van der Waals surface area contributed by atoms with E-state index in [1.807, 2.05) is 24.3 Å². The van der Waals surface area contributed by atoms with Gasteiger partial charge in [0.05, 0.1) is 10.2 Å². The molecule has 1 heterocycles. The molecule has 1 aromatic heterocycles. The van der Waals surface area contributed by atoms with Crippen LogP contribution in [0.5, 0.6) is 0 Å². The number of aliphatic carboxylic acids is 1. The zero-order valence-electron chi connectivity index (χ0n) is 10.6. The van der Waals surface area contributed by atoms with E-state index in [4.69, 9.17) is 5.11 Å². The number of carboxylic acids is 1. The van der Waals surface area contributed by atoms with Gasteiger partial charge in [-0.1, -0.05) is 29.5 Å². The molecule has 0 bridgehead atoms. The lowest BCUT2D eigenvalue weighted by atomic mass is 10.3. The Kier molecular flexibility index (Phi) is 4.31. The van der Waals surface area contributed by atoms with E-state index in [0.717, 1.165) is 15.1 Å². The predicted octanol–water partition coefficient (Wildman–Crippen LogP) is 2.40. The summed E-state index contributed by atoms with van der Waals surface area (Å²) in [5.41, 5.74) is 0.793. The quantitative estimate of drug-likeness (QED) is 0.829. The van der Waals surface area contributed by atoms with Crippen molar-refractivity contribution in [1.29, 1.82) is 0 Å². The highest BCUT2D eigenvalue weighted by atomic mass is 32.1. The second kappa shape index (κ2) is 6.16. The van der Waals surface area contributed by atoms with E-state index in [1.54, 1.807) is 0 Å². The van der Waals surface area contributed by atoms with E-state index < -0.39 is 12.0 Å². The number of thiazole rings is 1. The second-order valence-electron chi connectivity index (χ2n) is 3.98. The summed E-state index contributed by atoms with van der Waals surface area (Å²) in [5, 5.41) is 11.8. The lowest BCUT2D eigenvalue weighted by Crippen LogP contribution is -2.38. The zero-order valence-corrected chi connectivity index (χ0v) is 11.4. The molecule has 0 radical (unpaired) electrons. The number of para-hydroxylation sites is 1. The third-order valence-corrected chi connectivity index (χ3v) is 3.42. The summed E-state index contributed by atoms with van der Waals surface area (Å²) in [6, 6.07) is 7.00. The number of rotatable bonds is 5. The van der Waals surface area contributed by atoms with Gasteiger partial charge in [-0.25, -0.2) is 9.78 Å². The molecular formula is C13H13N3O3S. The number of nitrogens with one attached hydrogen (secondary N) is 1. The molecule has 2 N–H and O–H groups in total. The second-order valence-corrected chi connectivity index (χ2v) is 5.01. The maximum Gasteiger partial charge on any atom is 0.324 e. The minimum Gasteiger partial charge on any atom is -0.480 e. The van der Waals surface area contributed by atoms with Gasteiger partial charge < -0.3 is 10.0 Å². The molecule has 20 heavy (non-hydrogen) atoms. The molecule has 104 valence electrons. The Balaban J connectivity index is 2.12. The maximum absolute atomic E-state index is 12.0. The van der Waals surface area contributed by atoms with Crippen LogP contribution in [0.25, 0.3) is 10.2 Å². The molecule has 0 fully saturated rings. The predicted molar refractivity (Wildman–Crippen MR) is 78.0 cm³/mol. The Morgan fingerprint density at radius 3 is 2.85 bits per heavy atom. The summed E-state index contributed by atoms with van der Waals surface area (Å²) in [4.78, 5) is 28.1. The highest BCUT2D eigenvalue weighted by Crippen LogP contribution is 2.25. The van der Waals surface area contributed by atoms with Gasteiger partial charge in [-0.2, -0.15) is 0 Å². The Morgan fingerprint density at radius 2 is 2.20 bits per heavy atom. The third kappa shape index (κ3) is 3.33. The van der Waals surface area contributed by atoms with Gasteiger partial charge in [-0.15, -0.1) is 6.58 Å². The number of anilines is 1. The Bertz CT molecular complexity index is 620. The van der Waals surface area contributed by atoms with Crippen LogP contribution in [0.4, 0.5) is 9.93 Å². The van der Waals surface area contributed by atoms with Crippen molar-refractivity contribution in [3.8, 4) is 0 Å². The summed E-state index contributed by atoms with van der Waals surface area (Å²) in [7, 11) is 0. The van der Waals surface area contributed by atoms with Crippen molar-refractivity contribution in [3.05, 3.63) is 36.9 Å². The molecule has 1 aromatic carbocycles. The summed E-state index contributed by atoms with van der Waals surface area (Å²) in [6.45, 7) is 3.27. The van der Waals surface area contributed by atoms with Crippen LogP contribution >= 0.6 is 11.3 Å². The fourth-order valence-corrected chi connectivity index (χ4v) is 2.49. The van der Waals surface area contributed by atoms with Gasteiger partial charge in [-0.3, -0.25) is 10.1 Å². The number of nitrogens with zero attached hydrogens (tertiary/aromatic N) is 2. The summed E-state index contributed by atoms with van der Waals surface area (Å²) < 4.78 is 0.955. The average molecular weight is 291 g/mol.